The largest absolute Gasteiger partial charge is 0.444 e. The van der Waals surface area contributed by atoms with Crippen LogP contribution in [0.25, 0.3) is 0 Å². The fraction of sp³-hybridized carbons (Fsp3) is 0.375. The summed E-state index contributed by atoms with van der Waals surface area (Å²) in [6.45, 7) is 5.22. The van der Waals surface area contributed by atoms with Gasteiger partial charge in [-0.05, 0) is 55.4 Å². The number of hydrogen-bond acceptors (Lipinski definition) is 8. The Hall–Kier alpha value is -5.01. The molecular formula is C40H49N7O4S2. The number of aryl methyl sites for hydroxylation is 1. The third-order valence-electron chi connectivity index (χ3n) is 8.78. The molecular weight excluding hydrogens is 707 g/mol. The fourth-order valence-electron chi connectivity index (χ4n) is 5.91. The molecule has 3 heterocycles. The zero-order chi connectivity index (χ0) is 37.4. The van der Waals surface area contributed by atoms with Crippen molar-refractivity contribution in [3.05, 3.63) is 129 Å². The van der Waals surface area contributed by atoms with E-state index >= 15 is 0 Å². The number of nitrogens with zero attached hydrogens (tertiary/aromatic N) is 4. The molecule has 3 N–H and O–H groups in total. The highest BCUT2D eigenvalue weighted by atomic mass is 32.1. The molecule has 53 heavy (non-hydrogen) atoms. The Labute approximate surface area is 319 Å². The SMILES string of the molecule is CC(C)c1nc(CN(C)C(=O)N[C@@H](CCn2cccc2)C(=O)N[C@H](CC[C@H](Cc2ccccc2)NC(=O)OCc2cncs2)Cc2ccccc2)cs1. The van der Waals surface area contributed by atoms with Crippen molar-refractivity contribution in [1.29, 1.82) is 0 Å². The number of carbonyl (C=O) groups excluding carboxylic acids is 3. The first-order chi connectivity index (χ1) is 25.7. The van der Waals surface area contributed by atoms with E-state index in [1.807, 2.05) is 95.1 Å². The fourth-order valence-corrected chi connectivity index (χ4v) is 7.24. The van der Waals surface area contributed by atoms with E-state index in [9.17, 15) is 14.4 Å². The number of thiazole rings is 2. The Bertz CT molecular complexity index is 1820. The van der Waals surface area contributed by atoms with Crippen LogP contribution in [0.4, 0.5) is 9.59 Å². The smallest absolute Gasteiger partial charge is 0.407 e. The minimum absolute atomic E-state index is 0.148. The summed E-state index contributed by atoms with van der Waals surface area (Å²) in [7, 11) is 1.71. The van der Waals surface area contributed by atoms with E-state index in [2.05, 4.69) is 39.8 Å². The lowest BCUT2D eigenvalue weighted by atomic mass is 9.95. The Kier molecular flexibility index (Phi) is 15.0. The highest BCUT2D eigenvalue weighted by molar-refractivity contribution is 7.09. The van der Waals surface area contributed by atoms with E-state index in [1.165, 1.54) is 11.3 Å². The minimum Gasteiger partial charge on any atom is -0.444 e. The van der Waals surface area contributed by atoms with Gasteiger partial charge in [0.2, 0.25) is 5.91 Å². The maximum atomic E-state index is 14.2. The van der Waals surface area contributed by atoms with Gasteiger partial charge in [-0.15, -0.1) is 22.7 Å². The van der Waals surface area contributed by atoms with Crippen LogP contribution in [0.5, 0.6) is 0 Å². The van der Waals surface area contributed by atoms with Crippen LogP contribution in [0.3, 0.4) is 0 Å². The van der Waals surface area contributed by atoms with Gasteiger partial charge < -0.3 is 30.2 Å². The van der Waals surface area contributed by atoms with Crippen LogP contribution < -0.4 is 16.0 Å². The highest BCUT2D eigenvalue weighted by Gasteiger charge is 2.26. The van der Waals surface area contributed by atoms with Crippen LogP contribution in [0, 0.1) is 0 Å². The van der Waals surface area contributed by atoms with Crippen molar-refractivity contribution in [1.82, 2.24) is 35.4 Å². The number of hydrogen-bond donors (Lipinski definition) is 3. The predicted molar refractivity (Wildman–Crippen MR) is 210 cm³/mol. The molecule has 0 saturated heterocycles. The summed E-state index contributed by atoms with van der Waals surface area (Å²) in [5.41, 5.74) is 4.68. The van der Waals surface area contributed by atoms with Gasteiger partial charge in [0.1, 0.15) is 12.6 Å². The van der Waals surface area contributed by atoms with Crippen LogP contribution in [0.15, 0.2) is 102 Å². The second-order valence-corrected chi connectivity index (χ2v) is 15.3. The molecule has 0 unspecified atom stereocenters. The first-order valence-corrected chi connectivity index (χ1v) is 19.7. The quantitative estimate of drug-likeness (QED) is 0.0820. The van der Waals surface area contributed by atoms with Crippen molar-refractivity contribution in [2.75, 3.05) is 7.05 Å². The number of carbonyl (C=O) groups is 3. The summed E-state index contributed by atoms with van der Waals surface area (Å²) < 4.78 is 7.51. The lowest BCUT2D eigenvalue weighted by Crippen LogP contribution is -2.53. The molecule has 3 aromatic heterocycles. The van der Waals surface area contributed by atoms with Crippen LogP contribution in [-0.4, -0.2) is 62.6 Å². The number of benzene rings is 2. The second-order valence-electron chi connectivity index (χ2n) is 13.4. The molecule has 2 aromatic carbocycles. The van der Waals surface area contributed by atoms with Gasteiger partial charge in [0.15, 0.2) is 0 Å². The van der Waals surface area contributed by atoms with Crippen LogP contribution in [0.2, 0.25) is 0 Å². The van der Waals surface area contributed by atoms with Crippen molar-refractivity contribution in [3.8, 4) is 0 Å². The number of urea groups is 1. The van der Waals surface area contributed by atoms with Crippen molar-refractivity contribution < 1.29 is 19.1 Å². The summed E-state index contributed by atoms with van der Waals surface area (Å²) >= 11 is 3.02. The van der Waals surface area contributed by atoms with Gasteiger partial charge in [-0.25, -0.2) is 14.6 Å². The van der Waals surface area contributed by atoms with E-state index < -0.39 is 12.1 Å². The van der Waals surface area contributed by atoms with Crippen LogP contribution >= 0.6 is 22.7 Å². The molecule has 5 aromatic rings. The summed E-state index contributed by atoms with van der Waals surface area (Å²) in [6, 6.07) is 22.2. The first kappa shape index (κ1) is 39.2. The Morgan fingerprint density at radius 2 is 1.47 bits per heavy atom. The molecule has 0 fully saturated rings. The molecule has 0 aliphatic heterocycles. The maximum absolute atomic E-state index is 14.2. The number of rotatable bonds is 19. The Morgan fingerprint density at radius 1 is 0.830 bits per heavy atom. The standard InChI is InChI=1S/C40H49N7O4S2/c1-29(2)38-43-34(27-52-38)25-46(3)39(49)45-36(18-21-47-19-10-11-20-47)37(48)42-32(22-30-12-6-4-7-13-30)16-17-33(23-31-14-8-5-9-15-31)44-40(50)51-26-35-24-41-28-53-35/h4-15,19-20,24,27-29,32-33,36H,16-18,21-23,25-26H2,1-3H3,(H,42,48)(H,44,50)(H,45,49)/t32-,33-,36+/m1/s1. The molecule has 4 amide bonds. The normalized spacial score (nSPS) is 12.8. The number of ether oxygens (including phenoxy) is 1. The molecule has 280 valence electrons. The van der Waals surface area contributed by atoms with E-state index in [-0.39, 0.29) is 30.6 Å². The summed E-state index contributed by atoms with van der Waals surface area (Å²) in [5.74, 6) is 0.0537. The molecule has 0 aliphatic carbocycles. The zero-order valence-electron chi connectivity index (χ0n) is 30.5. The monoisotopic (exact) mass is 755 g/mol. The molecule has 0 saturated carbocycles. The van der Waals surface area contributed by atoms with Crippen LogP contribution in [-0.2, 0) is 42.1 Å². The molecule has 0 aliphatic rings. The van der Waals surface area contributed by atoms with Gasteiger partial charge in [0.25, 0.3) is 0 Å². The average molecular weight is 756 g/mol. The summed E-state index contributed by atoms with van der Waals surface area (Å²) in [6.07, 6.45) is 7.81. The number of aromatic nitrogens is 3. The van der Waals surface area contributed by atoms with Gasteiger partial charge in [0, 0.05) is 55.6 Å². The molecule has 0 spiro atoms. The van der Waals surface area contributed by atoms with E-state index in [0.29, 0.717) is 51.1 Å². The molecule has 0 radical (unpaired) electrons. The number of alkyl carbamates (subject to hydrolysis) is 1. The van der Waals surface area contributed by atoms with Gasteiger partial charge in [-0.2, -0.15) is 0 Å². The second kappa shape index (κ2) is 20.3. The van der Waals surface area contributed by atoms with Crippen LogP contribution in [0.1, 0.15) is 65.7 Å². The third kappa shape index (κ3) is 13.2. The molecule has 11 nitrogen and oxygen atoms in total. The van der Waals surface area contributed by atoms with Gasteiger partial charge in [0.05, 0.1) is 27.6 Å². The van der Waals surface area contributed by atoms with E-state index in [0.717, 1.165) is 26.7 Å². The lowest BCUT2D eigenvalue weighted by Gasteiger charge is -2.27. The highest BCUT2D eigenvalue weighted by Crippen LogP contribution is 2.20. The van der Waals surface area contributed by atoms with Gasteiger partial charge in [-0.3, -0.25) is 9.78 Å². The van der Waals surface area contributed by atoms with Crippen molar-refractivity contribution in [3.63, 3.8) is 0 Å². The zero-order valence-corrected chi connectivity index (χ0v) is 32.2. The Morgan fingerprint density at radius 3 is 2.06 bits per heavy atom. The van der Waals surface area contributed by atoms with E-state index in [1.54, 1.807) is 35.0 Å². The van der Waals surface area contributed by atoms with Crippen molar-refractivity contribution >= 4 is 40.7 Å². The predicted octanol–water partition coefficient (Wildman–Crippen LogP) is 7.17. The van der Waals surface area contributed by atoms with E-state index in [4.69, 9.17) is 4.74 Å². The Balaban J connectivity index is 1.28. The molecule has 5 rings (SSSR count). The number of amides is 4. The summed E-state index contributed by atoms with van der Waals surface area (Å²) in [5, 5.41) is 12.4. The topological polar surface area (TPSA) is 130 Å². The molecule has 3 atom stereocenters. The maximum Gasteiger partial charge on any atom is 0.407 e. The van der Waals surface area contributed by atoms with Crippen molar-refractivity contribution in [2.24, 2.45) is 0 Å². The number of nitrogens with one attached hydrogen (secondary N) is 3. The summed E-state index contributed by atoms with van der Waals surface area (Å²) in [4.78, 5) is 51.8. The lowest BCUT2D eigenvalue weighted by molar-refractivity contribution is -0.124. The third-order valence-corrected chi connectivity index (χ3v) is 10.7. The van der Waals surface area contributed by atoms with Crippen molar-refractivity contribution in [2.45, 2.75) is 89.7 Å². The molecule has 0 bridgehead atoms. The van der Waals surface area contributed by atoms with Gasteiger partial charge >= 0.3 is 12.1 Å². The minimum atomic E-state index is -0.785. The molecule has 13 heteroatoms. The first-order valence-electron chi connectivity index (χ1n) is 18.0. The van der Waals surface area contributed by atoms with Gasteiger partial charge in [-0.1, -0.05) is 74.5 Å². The average Bonchev–Trinajstić information content (AvgIpc) is 3.96.